The summed E-state index contributed by atoms with van der Waals surface area (Å²) in [5.74, 6) is -0.188. The van der Waals surface area contributed by atoms with E-state index in [1.165, 1.54) is 0 Å². The van der Waals surface area contributed by atoms with E-state index >= 15 is 0 Å². The Morgan fingerprint density at radius 3 is 2.09 bits per heavy atom. The van der Waals surface area contributed by atoms with E-state index in [0.29, 0.717) is 0 Å². The van der Waals surface area contributed by atoms with E-state index < -0.39 is 13.6 Å². The number of hydrogen-bond acceptors (Lipinski definition) is 2. The van der Waals surface area contributed by atoms with E-state index in [9.17, 15) is 8.42 Å². The molecule has 0 aliphatic rings. The minimum Gasteiger partial charge on any atom is -0.224 e. The minimum atomic E-state index is -3.24. The van der Waals surface area contributed by atoms with E-state index in [1.807, 2.05) is 0 Å². The van der Waals surface area contributed by atoms with Gasteiger partial charge in [0.1, 0.15) is 0 Å². The van der Waals surface area contributed by atoms with Crippen LogP contribution in [0.4, 0.5) is 0 Å². The van der Waals surface area contributed by atoms with Gasteiger partial charge in [-0.1, -0.05) is 41.4 Å². The quantitative estimate of drug-likeness (QED) is 0.706. The summed E-state index contributed by atoms with van der Waals surface area (Å²) < 4.78 is 20.0. The maximum absolute atomic E-state index is 10.8. The van der Waals surface area contributed by atoms with Gasteiger partial charge in [-0.15, -0.1) is 0 Å². The fourth-order valence-corrected chi connectivity index (χ4v) is 1.72. The fourth-order valence-electron chi connectivity index (χ4n) is 0.341. The first-order valence-electron chi connectivity index (χ1n) is 2.69. The molecule has 0 rings (SSSR count). The lowest BCUT2D eigenvalue weighted by atomic mass is 10.6. The predicted molar refractivity (Wildman–Crippen MR) is 48.9 cm³/mol. The van der Waals surface area contributed by atoms with Gasteiger partial charge in [0.05, 0.1) is 5.75 Å². The number of hydrogen-bond donors (Lipinski definition) is 0. The summed E-state index contributed by atoms with van der Waals surface area (Å²) in [5, 5.41) is 0.851. The molecule has 2 nitrogen and oxygen atoms in total. The van der Waals surface area contributed by atoms with Crippen LogP contribution in [-0.4, -0.2) is 18.0 Å². The highest BCUT2D eigenvalue weighted by atomic mass is 35.6. The molecule has 0 aromatic carbocycles. The summed E-state index contributed by atoms with van der Waals surface area (Å²) in [5.41, 5.74) is 0. The summed E-state index contributed by atoms with van der Waals surface area (Å²) >= 11 is 16.0. The maximum atomic E-state index is 10.8. The van der Waals surface area contributed by atoms with Crippen molar-refractivity contribution in [3.05, 3.63) is 12.0 Å². The summed E-state index contributed by atoms with van der Waals surface area (Å²) in [7, 11) is -3.24. The van der Waals surface area contributed by atoms with Gasteiger partial charge >= 0.3 is 0 Å². The first kappa shape index (κ1) is 11.6. The lowest BCUT2D eigenvalue weighted by Gasteiger charge is -2.08. The summed E-state index contributed by atoms with van der Waals surface area (Å²) in [6.07, 6.45) is -0.0218. The fraction of sp³-hybridized carbons (Fsp3) is 0.600. The van der Waals surface area contributed by atoms with Crippen LogP contribution in [0.25, 0.3) is 0 Å². The van der Waals surface area contributed by atoms with E-state index in [2.05, 4.69) is 6.58 Å². The van der Waals surface area contributed by atoms with Crippen LogP contribution in [0.5, 0.6) is 0 Å². The van der Waals surface area contributed by atoms with Gasteiger partial charge in [-0.05, 0) is 0 Å². The van der Waals surface area contributed by atoms with Crippen molar-refractivity contribution in [3.63, 3.8) is 0 Å². The highest BCUT2D eigenvalue weighted by Gasteiger charge is 2.21. The smallest absolute Gasteiger partial charge is 0.191 e. The van der Waals surface area contributed by atoms with Gasteiger partial charge in [0.25, 0.3) is 0 Å². The topological polar surface area (TPSA) is 34.1 Å². The van der Waals surface area contributed by atoms with Crippen molar-refractivity contribution >= 4 is 44.6 Å². The first-order chi connectivity index (χ1) is 4.77. The van der Waals surface area contributed by atoms with Crippen LogP contribution in [0.3, 0.4) is 0 Å². The monoisotopic (exact) mass is 236 g/mol. The molecule has 0 N–H and O–H groups in total. The SMILES string of the molecule is C=CS(=O)(=O)CCC(Cl)(Cl)Cl. The van der Waals surface area contributed by atoms with Crippen LogP contribution in [-0.2, 0) is 9.84 Å². The van der Waals surface area contributed by atoms with E-state index in [0.717, 1.165) is 5.41 Å². The molecule has 0 amide bonds. The molecule has 0 aromatic rings. The zero-order chi connectivity index (χ0) is 9.12. The molecule has 66 valence electrons. The highest BCUT2D eigenvalue weighted by molar-refractivity contribution is 7.94. The van der Waals surface area contributed by atoms with Crippen LogP contribution < -0.4 is 0 Å². The molecular weight excluding hydrogens is 230 g/mol. The standard InChI is InChI=1S/C5H7Cl3O2S/c1-2-11(9,10)4-3-5(6,7)8/h2H,1,3-4H2. The van der Waals surface area contributed by atoms with Crippen molar-refractivity contribution in [3.8, 4) is 0 Å². The van der Waals surface area contributed by atoms with Gasteiger partial charge in [-0.3, -0.25) is 0 Å². The molecule has 0 fully saturated rings. The van der Waals surface area contributed by atoms with Gasteiger partial charge in [0.15, 0.2) is 13.6 Å². The molecule has 0 heterocycles. The number of halogens is 3. The third-order valence-electron chi connectivity index (χ3n) is 0.924. The number of rotatable bonds is 3. The zero-order valence-corrected chi connectivity index (χ0v) is 8.64. The average Bonchev–Trinajstić information content (AvgIpc) is 1.83. The van der Waals surface area contributed by atoms with Crippen molar-refractivity contribution in [2.24, 2.45) is 0 Å². The van der Waals surface area contributed by atoms with Crippen molar-refractivity contribution in [2.45, 2.75) is 10.2 Å². The Labute approximate surface area is 81.0 Å². The van der Waals surface area contributed by atoms with Crippen LogP contribution in [0.2, 0.25) is 0 Å². The van der Waals surface area contributed by atoms with E-state index in [4.69, 9.17) is 34.8 Å². The van der Waals surface area contributed by atoms with Crippen LogP contribution in [0.1, 0.15) is 6.42 Å². The van der Waals surface area contributed by atoms with E-state index in [1.54, 1.807) is 0 Å². The van der Waals surface area contributed by atoms with E-state index in [-0.39, 0.29) is 12.2 Å². The van der Waals surface area contributed by atoms with Gasteiger partial charge in [-0.2, -0.15) is 0 Å². The van der Waals surface area contributed by atoms with Gasteiger partial charge in [-0.25, -0.2) is 8.42 Å². The summed E-state index contributed by atoms with van der Waals surface area (Å²) in [6.45, 7) is 3.12. The molecule has 0 aromatic heterocycles. The second-order valence-corrected chi connectivity index (χ2v) is 6.48. The molecule has 0 bridgehead atoms. The average molecular weight is 238 g/mol. The predicted octanol–water partition coefficient (Wildman–Crippen LogP) is 2.31. The van der Waals surface area contributed by atoms with Crippen molar-refractivity contribution in [2.75, 3.05) is 5.75 Å². The Morgan fingerprint density at radius 2 is 1.82 bits per heavy atom. The largest absolute Gasteiger partial charge is 0.224 e. The van der Waals surface area contributed by atoms with Gasteiger partial charge in [0.2, 0.25) is 0 Å². The number of sulfone groups is 1. The lowest BCUT2D eigenvalue weighted by Crippen LogP contribution is -2.11. The normalized spacial score (nSPS) is 13.0. The zero-order valence-electron chi connectivity index (χ0n) is 5.56. The highest BCUT2D eigenvalue weighted by Crippen LogP contribution is 2.30. The van der Waals surface area contributed by atoms with Crippen LogP contribution in [0, 0.1) is 0 Å². The Balaban J connectivity index is 4.01. The first-order valence-corrected chi connectivity index (χ1v) is 5.54. The number of alkyl halides is 3. The summed E-state index contributed by atoms with van der Waals surface area (Å²) in [4.78, 5) is 0. The second kappa shape index (κ2) is 3.99. The third-order valence-corrected chi connectivity index (χ3v) is 2.77. The van der Waals surface area contributed by atoms with Crippen molar-refractivity contribution in [1.29, 1.82) is 0 Å². The van der Waals surface area contributed by atoms with Crippen molar-refractivity contribution in [1.82, 2.24) is 0 Å². The summed E-state index contributed by atoms with van der Waals surface area (Å²) in [6, 6.07) is 0. The Morgan fingerprint density at radius 1 is 1.36 bits per heavy atom. The minimum absolute atomic E-state index is 0.0218. The van der Waals surface area contributed by atoms with Gasteiger partial charge in [0, 0.05) is 11.8 Å². The molecule has 0 spiro atoms. The molecule has 0 aliphatic heterocycles. The Bertz CT molecular complexity index is 227. The molecule has 0 saturated heterocycles. The second-order valence-electron chi connectivity index (χ2n) is 1.90. The molecule has 0 radical (unpaired) electrons. The molecule has 6 heteroatoms. The lowest BCUT2D eigenvalue weighted by molar-refractivity contribution is 0.602. The van der Waals surface area contributed by atoms with Gasteiger partial charge < -0.3 is 0 Å². The molecule has 0 unspecified atom stereocenters. The van der Waals surface area contributed by atoms with Crippen LogP contribution in [0.15, 0.2) is 12.0 Å². The molecule has 11 heavy (non-hydrogen) atoms. The third kappa shape index (κ3) is 6.94. The molecular formula is C5H7Cl3O2S. The molecule has 0 atom stereocenters. The Kier molecular flexibility index (Phi) is 4.19. The molecule has 0 aliphatic carbocycles. The Hall–Kier alpha value is 0.560. The molecule has 0 saturated carbocycles. The van der Waals surface area contributed by atoms with Crippen LogP contribution >= 0.6 is 34.8 Å². The van der Waals surface area contributed by atoms with Crippen molar-refractivity contribution < 1.29 is 8.42 Å². The maximum Gasteiger partial charge on any atom is 0.191 e.